The predicted molar refractivity (Wildman–Crippen MR) is 112 cm³/mol. The summed E-state index contributed by atoms with van der Waals surface area (Å²) in [5, 5.41) is 25.2. The lowest BCUT2D eigenvalue weighted by Gasteiger charge is -2.12. The van der Waals surface area contributed by atoms with E-state index >= 15 is 0 Å². The summed E-state index contributed by atoms with van der Waals surface area (Å²) >= 11 is 0. The van der Waals surface area contributed by atoms with Crippen molar-refractivity contribution in [2.75, 3.05) is 44.5 Å². The molecule has 3 N–H and O–H groups in total. The van der Waals surface area contributed by atoms with E-state index in [9.17, 15) is 24.5 Å². The van der Waals surface area contributed by atoms with Gasteiger partial charge in [-0.3, -0.25) is 19.7 Å². The van der Waals surface area contributed by atoms with Gasteiger partial charge in [0, 0.05) is 49.7 Å². The van der Waals surface area contributed by atoms with Crippen LogP contribution in [0.15, 0.2) is 42.5 Å². The number of benzene rings is 2. The van der Waals surface area contributed by atoms with E-state index < -0.39 is 23.4 Å². The molecule has 2 aromatic rings. The second kappa shape index (κ2) is 10.7. The Morgan fingerprint density at radius 1 is 1.13 bits per heavy atom. The first kappa shape index (κ1) is 23.3. The monoisotopic (exact) mass is 430 g/mol. The summed E-state index contributed by atoms with van der Waals surface area (Å²) in [5.74, 6) is -1.75. The molecule has 11 nitrogen and oxygen atoms in total. The number of aliphatic hydroxyl groups excluding tert-OH is 1. The molecule has 0 aliphatic rings. The van der Waals surface area contributed by atoms with Crippen molar-refractivity contribution in [3.05, 3.63) is 63.7 Å². The van der Waals surface area contributed by atoms with Crippen LogP contribution in [0, 0.1) is 10.1 Å². The van der Waals surface area contributed by atoms with Gasteiger partial charge in [0.15, 0.2) is 6.61 Å². The van der Waals surface area contributed by atoms with Crippen molar-refractivity contribution in [3.63, 3.8) is 0 Å². The number of rotatable bonds is 9. The number of nitro benzene ring substituents is 1. The van der Waals surface area contributed by atoms with Crippen LogP contribution in [0.2, 0.25) is 0 Å². The normalized spacial score (nSPS) is 10.2. The van der Waals surface area contributed by atoms with E-state index in [0.717, 1.165) is 6.07 Å². The summed E-state index contributed by atoms with van der Waals surface area (Å²) < 4.78 is 4.97. The van der Waals surface area contributed by atoms with Crippen LogP contribution in [0.25, 0.3) is 0 Å². The van der Waals surface area contributed by atoms with Gasteiger partial charge < -0.3 is 25.4 Å². The van der Waals surface area contributed by atoms with Gasteiger partial charge in [-0.15, -0.1) is 0 Å². The molecular weight excluding hydrogens is 408 g/mol. The van der Waals surface area contributed by atoms with Crippen molar-refractivity contribution in [2.24, 2.45) is 0 Å². The lowest BCUT2D eigenvalue weighted by Crippen LogP contribution is -2.22. The second-order valence-electron chi connectivity index (χ2n) is 6.54. The standard InChI is InChI=1S/C20H22N4O7/c1-23(2)19(27)13-3-5-14(6-4-13)22-18(26)12-31-20(28)16-11-15(24(29)30)7-8-17(16)21-9-10-25/h3-8,11,21,25H,9-10,12H2,1-2H3,(H,22,26). The number of amides is 2. The number of hydrogen-bond acceptors (Lipinski definition) is 8. The molecule has 2 rings (SSSR count). The first-order valence-electron chi connectivity index (χ1n) is 9.14. The van der Waals surface area contributed by atoms with Crippen LogP contribution in [0.1, 0.15) is 20.7 Å². The third-order valence-corrected chi connectivity index (χ3v) is 4.02. The molecule has 0 bridgehead atoms. The molecule has 0 unspecified atom stereocenters. The van der Waals surface area contributed by atoms with E-state index in [1.54, 1.807) is 26.2 Å². The number of nitro groups is 1. The van der Waals surface area contributed by atoms with Gasteiger partial charge in [-0.1, -0.05) is 0 Å². The van der Waals surface area contributed by atoms with Gasteiger partial charge in [0.2, 0.25) is 0 Å². The van der Waals surface area contributed by atoms with Crippen molar-refractivity contribution in [2.45, 2.75) is 0 Å². The molecule has 0 saturated heterocycles. The van der Waals surface area contributed by atoms with E-state index in [0.29, 0.717) is 11.3 Å². The highest BCUT2D eigenvalue weighted by atomic mass is 16.6. The number of nitrogens with one attached hydrogen (secondary N) is 2. The number of anilines is 2. The Kier molecular flexibility index (Phi) is 8.03. The molecule has 2 amide bonds. The third kappa shape index (κ3) is 6.51. The summed E-state index contributed by atoms with van der Waals surface area (Å²) in [6, 6.07) is 9.72. The van der Waals surface area contributed by atoms with Crippen LogP contribution in [-0.4, -0.2) is 66.6 Å². The highest BCUT2D eigenvalue weighted by Crippen LogP contribution is 2.23. The number of ether oxygens (including phenoxy) is 1. The first-order chi connectivity index (χ1) is 14.7. The highest BCUT2D eigenvalue weighted by Gasteiger charge is 2.19. The Morgan fingerprint density at radius 2 is 1.81 bits per heavy atom. The number of aliphatic hydroxyl groups is 1. The molecule has 0 atom stereocenters. The number of carbonyl (C=O) groups excluding carboxylic acids is 3. The minimum atomic E-state index is -0.939. The molecule has 11 heteroatoms. The number of esters is 1. The summed E-state index contributed by atoms with van der Waals surface area (Å²) in [5.41, 5.74) is 0.617. The maximum absolute atomic E-state index is 12.4. The van der Waals surface area contributed by atoms with Crippen molar-refractivity contribution in [3.8, 4) is 0 Å². The fourth-order valence-electron chi connectivity index (χ4n) is 2.52. The minimum Gasteiger partial charge on any atom is -0.452 e. The number of non-ortho nitro benzene ring substituents is 1. The van der Waals surface area contributed by atoms with Gasteiger partial charge in [-0.25, -0.2) is 4.79 Å². The maximum Gasteiger partial charge on any atom is 0.341 e. The van der Waals surface area contributed by atoms with E-state index in [1.165, 1.54) is 29.2 Å². The van der Waals surface area contributed by atoms with E-state index in [4.69, 9.17) is 9.84 Å². The van der Waals surface area contributed by atoms with Gasteiger partial charge >= 0.3 is 5.97 Å². The van der Waals surface area contributed by atoms with E-state index in [2.05, 4.69) is 10.6 Å². The lowest BCUT2D eigenvalue weighted by molar-refractivity contribution is -0.384. The molecule has 0 radical (unpaired) electrons. The number of hydrogen-bond donors (Lipinski definition) is 3. The largest absolute Gasteiger partial charge is 0.452 e. The fourth-order valence-corrected chi connectivity index (χ4v) is 2.52. The minimum absolute atomic E-state index is 0.116. The Labute approximate surface area is 177 Å². The van der Waals surface area contributed by atoms with Gasteiger partial charge in [0.1, 0.15) is 0 Å². The second-order valence-corrected chi connectivity index (χ2v) is 6.54. The van der Waals surface area contributed by atoms with Gasteiger partial charge in [-0.2, -0.15) is 0 Å². The lowest BCUT2D eigenvalue weighted by atomic mass is 10.1. The van der Waals surface area contributed by atoms with E-state index in [1.807, 2.05) is 0 Å². The summed E-state index contributed by atoms with van der Waals surface area (Å²) in [7, 11) is 3.25. The Hall–Kier alpha value is -3.99. The SMILES string of the molecule is CN(C)C(=O)c1ccc(NC(=O)COC(=O)c2cc([N+](=O)[O-])ccc2NCCO)cc1. The molecule has 0 heterocycles. The van der Waals surface area contributed by atoms with Crippen LogP contribution >= 0.6 is 0 Å². The number of nitrogens with zero attached hydrogens (tertiary/aromatic N) is 2. The maximum atomic E-state index is 12.4. The van der Waals surface area contributed by atoms with Gasteiger partial charge in [0.05, 0.1) is 17.1 Å². The van der Waals surface area contributed by atoms with Crippen LogP contribution in [-0.2, 0) is 9.53 Å². The molecule has 0 aliphatic heterocycles. The molecule has 2 aromatic carbocycles. The van der Waals surface area contributed by atoms with Crippen LogP contribution in [0.5, 0.6) is 0 Å². The first-order valence-corrected chi connectivity index (χ1v) is 9.14. The van der Waals surface area contributed by atoms with Crippen LogP contribution < -0.4 is 10.6 Å². The fraction of sp³-hybridized carbons (Fsp3) is 0.250. The molecule has 31 heavy (non-hydrogen) atoms. The Morgan fingerprint density at radius 3 is 2.39 bits per heavy atom. The molecule has 0 aromatic heterocycles. The molecule has 0 spiro atoms. The topological polar surface area (TPSA) is 151 Å². The summed E-state index contributed by atoms with van der Waals surface area (Å²) in [4.78, 5) is 48.1. The zero-order chi connectivity index (χ0) is 23.0. The molecule has 0 aliphatic carbocycles. The molecule has 0 saturated carbocycles. The van der Waals surface area contributed by atoms with Crippen LogP contribution in [0.4, 0.5) is 17.1 Å². The zero-order valence-electron chi connectivity index (χ0n) is 17.0. The molecule has 0 fully saturated rings. The highest BCUT2D eigenvalue weighted by molar-refractivity contribution is 5.99. The predicted octanol–water partition coefficient (Wildman–Crippen LogP) is 1.50. The van der Waals surface area contributed by atoms with Gasteiger partial charge in [0.25, 0.3) is 17.5 Å². The Bertz CT molecular complexity index is 974. The molecule has 164 valence electrons. The summed E-state index contributed by atoms with van der Waals surface area (Å²) in [6.07, 6.45) is 0. The third-order valence-electron chi connectivity index (χ3n) is 4.02. The molecular formula is C20H22N4O7. The van der Waals surface area contributed by atoms with Crippen molar-refractivity contribution in [1.82, 2.24) is 4.90 Å². The Balaban J connectivity index is 2.01. The summed E-state index contributed by atoms with van der Waals surface area (Å²) in [6.45, 7) is -0.725. The zero-order valence-corrected chi connectivity index (χ0v) is 17.0. The average Bonchev–Trinajstić information content (AvgIpc) is 2.75. The van der Waals surface area contributed by atoms with Gasteiger partial charge in [-0.05, 0) is 30.3 Å². The number of carbonyl (C=O) groups is 3. The average molecular weight is 430 g/mol. The van der Waals surface area contributed by atoms with Crippen LogP contribution in [0.3, 0.4) is 0 Å². The smallest absolute Gasteiger partial charge is 0.341 e. The quantitative estimate of drug-likeness (QED) is 0.308. The van der Waals surface area contributed by atoms with Crippen molar-refractivity contribution in [1.29, 1.82) is 0 Å². The van der Waals surface area contributed by atoms with Crippen molar-refractivity contribution < 1.29 is 29.2 Å². The van der Waals surface area contributed by atoms with E-state index in [-0.39, 0.29) is 36.0 Å². The van der Waals surface area contributed by atoms with Crippen molar-refractivity contribution >= 4 is 34.8 Å².